The van der Waals surface area contributed by atoms with E-state index in [1.165, 1.54) is 6.07 Å². The first-order valence-electron chi connectivity index (χ1n) is 6.84. The topological polar surface area (TPSA) is 49.8 Å². The molecule has 0 radical (unpaired) electrons. The van der Waals surface area contributed by atoms with Crippen LogP contribution in [0.4, 0.5) is 0 Å². The van der Waals surface area contributed by atoms with Crippen molar-refractivity contribution in [1.82, 2.24) is 4.90 Å². The van der Waals surface area contributed by atoms with Crippen LogP contribution in [0.1, 0.15) is 37.0 Å². The molecular weight excluding hydrogens is 242 g/mol. The number of benzene rings is 1. The summed E-state index contributed by atoms with van der Waals surface area (Å²) in [5.41, 5.74) is 0.283. The first-order valence-corrected chi connectivity index (χ1v) is 6.84. The predicted molar refractivity (Wildman–Crippen MR) is 76.0 cm³/mol. The molecule has 0 atom stereocenters. The van der Waals surface area contributed by atoms with Gasteiger partial charge in [0.1, 0.15) is 18.1 Å². The van der Waals surface area contributed by atoms with Crippen LogP contribution in [0, 0.1) is 0 Å². The van der Waals surface area contributed by atoms with E-state index in [0.29, 0.717) is 18.6 Å². The normalized spacial score (nSPS) is 10.7. The highest BCUT2D eigenvalue weighted by atomic mass is 16.5. The molecule has 4 nitrogen and oxygen atoms in total. The highest BCUT2D eigenvalue weighted by Crippen LogP contribution is 2.22. The fourth-order valence-corrected chi connectivity index (χ4v) is 1.97. The Morgan fingerprint density at radius 3 is 2.42 bits per heavy atom. The van der Waals surface area contributed by atoms with Crippen LogP contribution < -0.4 is 4.74 Å². The van der Waals surface area contributed by atoms with Crippen LogP contribution in [0.5, 0.6) is 11.5 Å². The zero-order chi connectivity index (χ0) is 14.1. The summed E-state index contributed by atoms with van der Waals surface area (Å²) in [6.07, 6.45) is 2.90. The lowest BCUT2D eigenvalue weighted by Gasteiger charge is -2.20. The quantitative estimate of drug-likeness (QED) is 0.697. The molecule has 0 aliphatic carbocycles. The van der Waals surface area contributed by atoms with Crippen molar-refractivity contribution in [2.45, 2.75) is 26.7 Å². The van der Waals surface area contributed by atoms with Crippen molar-refractivity contribution in [3.63, 3.8) is 0 Å². The Bertz CT molecular complexity index is 387. The van der Waals surface area contributed by atoms with Crippen molar-refractivity contribution < 1.29 is 14.6 Å². The Balaban J connectivity index is 2.43. The average Bonchev–Trinajstić information content (AvgIpc) is 2.39. The maximum Gasteiger partial charge on any atom is 0.153 e. The van der Waals surface area contributed by atoms with E-state index < -0.39 is 0 Å². The summed E-state index contributed by atoms with van der Waals surface area (Å²) < 4.78 is 5.59. The monoisotopic (exact) mass is 265 g/mol. The molecule has 19 heavy (non-hydrogen) atoms. The van der Waals surface area contributed by atoms with E-state index in [1.54, 1.807) is 12.1 Å². The molecule has 0 aliphatic rings. The minimum atomic E-state index is -0.0357. The van der Waals surface area contributed by atoms with E-state index in [0.717, 1.165) is 32.5 Å². The fraction of sp³-hybridized carbons (Fsp3) is 0.533. The summed E-state index contributed by atoms with van der Waals surface area (Å²) in [7, 11) is 0. The van der Waals surface area contributed by atoms with E-state index >= 15 is 0 Å². The van der Waals surface area contributed by atoms with E-state index in [9.17, 15) is 9.90 Å². The van der Waals surface area contributed by atoms with E-state index in [4.69, 9.17) is 4.74 Å². The minimum absolute atomic E-state index is 0.0357. The van der Waals surface area contributed by atoms with Gasteiger partial charge in [0.05, 0.1) is 5.56 Å². The van der Waals surface area contributed by atoms with Gasteiger partial charge < -0.3 is 9.84 Å². The molecule has 1 N–H and O–H groups in total. The Labute approximate surface area is 115 Å². The van der Waals surface area contributed by atoms with Gasteiger partial charge in [-0.15, -0.1) is 0 Å². The molecule has 1 aromatic rings. The zero-order valence-corrected chi connectivity index (χ0v) is 11.8. The van der Waals surface area contributed by atoms with Gasteiger partial charge in [0.2, 0.25) is 0 Å². The van der Waals surface area contributed by atoms with Gasteiger partial charge in [0, 0.05) is 12.6 Å². The molecule has 106 valence electrons. The average molecular weight is 265 g/mol. The minimum Gasteiger partial charge on any atom is -0.507 e. The number of rotatable bonds is 9. The van der Waals surface area contributed by atoms with Crippen LogP contribution in [0.25, 0.3) is 0 Å². The molecule has 1 rings (SSSR count). The van der Waals surface area contributed by atoms with Crippen molar-refractivity contribution in [3.05, 3.63) is 23.8 Å². The molecule has 0 bridgehead atoms. The second-order valence-corrected chi connectivity index (χ2v) is 4.53. The molecule has 0 aliphatic heterocycles. The molecule has 0 spiro atoms. The van der Waals surface area contributed by atoms with E-state index in [2.05, 4.69) is 18.7 Å². The zero-order valence-electron chi connectivity index (χ0n) is 11.8. The summed E-state index contributed by atoms with van der Waals surface area (Å²) in [5, 5.41) is 9.55. The number of nitrogens with zero attached hydrogens (tertiary/aromatic N) is 1. The second-order valence-electron chi connectivity index (χ2n) is 4.53. The van der Waals surface area contributed by atoms with Crippen molar-refractivity contribution in [2.75, 3.05) is 26.2 Å². The van der Waals surface area contributed by atoms with Gasteiger partial charge in [-0.05, 0) is 38.1 Å². The summed E-state index contributed by atoms with van der Waals surface area (Å²) in [5.74, 6) is 0.558. The number of aldehydes is 1. The number of ether oxygens (including phenoxy) is 1. The van der Waals surface area contributed by atoms with Gasteiger partial charge in [0.25, 0.3) is 0 Å². The molecule has 4 heteroatoms. The number of carbonyl (C=O) groups excluding carboxylic acids is 1. The van der Waals surface area contributed by atoms with Crippen LogP contribution in [-0.4, -0.2) is 42.5 Å². The van der Waals surface area contributed by atoms with E-state index in [-0.39, 0.29) is 11.3 Å². The smallest absolute Gasteiger partial charge is 0.153 e. The standard InChI is InChI=1S/C15H23NO3/c1-3-7-16(8-4-2)9-10-19-14-6-5-13(12-17)15(18)11-14/h5-6,11-12,18H,3-4,7-10H2,1-2H3. The first kappa shape index (κ1) is 15.5. The second kappa shape index (κ2) is 8.53. The lowest BCUT2D eigenvalue weighted by atomic mass is 10.2. The summed E-state index contributed by atoms with van der Waals surface area (Å²) in [6, 6.07) is 4.74. The molecule has 0 fully saturated rings. The van der Waals surface area contributed by atoms with Crippen molar-refractivity contribution >= 4 is 6.29 Å². The van der Waals surface area contributed by atoms with Crippen LogP contribution in [0.3, 0.4) is 0 Å². The van der Waals surface area contributed by atoms with E-state index in [1.807, 2.05) is 0 Å². The lowest BCUT2D eigenvalue weighted by Crippen LogP contribution is -2.30. The maximum absolute atomic E-state index is 10.6. The van der Waals surface area contributed by atoms with Gasteiger partial charge in [0.15, 0.2) is 6.29 Å². The van der Waals surface area contributed by atoms with Crippen LogP contribution in [-0.2, 0) is 0 Å². The van der Waals surface area contributed by atoms with Crippen molar-refractivity contribution in [1.29, 1.82) is 0 Å². The number of hydrogen-bond donors (Lipinski definition) is 1. The third kappa shape index (κ3) is 5.30. The van der Waals surface area contributed by atoms with Gasteiger partial charge >= 0.3 is 0 Å². The molecule has 0 saturated heterocycles. The molecule has 0 heterocycles. The largest absolute Gasteiger partial charge is 0.507 e. The molecular formula is C15H23NO3. The molecule has 0 aromatic heterocycles. The maximum atomic E-state index is 10.6. The van der Waals surface area contributed by atoms with Gasteiger partial charge in [-0.25, -0.2) is 0 Å². The SMILES string of the molecule is CCCN(CCC)CCOc1ccc(C=O)c(O)c1. The third-order valence-electron chi connectivity index (χ3n) is 2.88. The predicted octanol–water partition coefficient (Wildman–Crippen LogP) is 2.71. The Morgan fingerprint density at radius 2 is 1.89 bits per heavy atom. The summed E-state index contributed by atoms with van der Waals surface area (Å²) in [6.45, 7) is 7.94. The van der Waals surface area contributed by atoms with Crippen LogP contribution in [0.2, 0.25) is 0 Å². The van der Waals surface area contributed by atoms with Crippen LogP contribution in [0.15, 0.2) is 18.2 Å². The Hall–Kier alpha value is -1.55. The number of phenolic OH excluding ortho intramolecular Hbond substituents is 1. The molecule has 0 unspecified atom stereocenters. The number of carbonyl (C=O) groups is 1. The Morgan fingerprint density at radius 1 is 1.21 bits per heavy atom. The molecule has 0 saturated carbocycles. The third-order valence-corrected chi connectivity index (χ3v) is 2.88. The Kier molecular flexibility index (Phi) is 6.97. The highest BCUT2D eigenvalue weighted by Gasteiger charge is 2.05. The van der Waals surface area contributed by atoms with Crippen molar-refractivity contribution in [2.24, 2.45) is 0 Å². The molecule has 0 amide bonds. The summed E-state index contributed by atoms with van der Waals surface area (Å²) >= 11 is 0. The summed E-state index contributed by atoms with van der Waals surface area (Å²) in [4.78, 5) is 12.9. The number of aromatic hydroxyl groups is 1. The molecule has 1 aromatic carbocycles. The van der Waals surface area contributed by atoms with Crippen LogP contribution >= 0.6 is 0 Å². The number of phenols is 1. The lowest BCUT2D eigenvalue weighted by molar-refractivity contribution is 0.112. The van der Waals surface area contributed by atoms with Gasteiger partial charge in [-0.1, -0.05) is 13.8 Å². The fourth-order valence-electron chi connectivity index (χ4n) is 1.97. The van der Waals surface area contributed by atoms with Gasteiger partial charge in [-0.2, -0.15) is 0 Å². The first-order chi connectivity index (χ1) is 9.21. The van der Waals surface area contributed by atoms with Crippen molar-refractivity contribution in [3.8, 4) is 11.5 Å². The highest BCUT2D eigenvalue weighted by molar-refractivity contribution is 5.79. The number of hydrogen-bond acceptors (Lipinski definition) is 4. The van der Waals surface area contributed by atoms with Gasteiger partial charge in [-0.3, -0.25) is 9.69 Å².